The largest absolute Gasteiger partial charge is 0.467 e. The third kappa shape index (κ3) is 3.12. The zero-order valence-electron chi connectivity index (χ0n) is 8.47. The summed E-state index contributed by atoms with van der Waals surface area (Å²) in [7, 11) is 1.32. The molecule has 1 atom stereocenters. The molecule has 0 N–H and O–H groups in total. The first-order valence-electron chi connectivity index (χ1n) is 4.47. The smallest absolute Gasteiger partial charge is 0.339 e. The van der Waals surface area contributed by atoms with Gasteiger partial charge in [-0.05, 0) is 5.56 Å². The minimum Gasteiger partial charge on any atom is -0.467 e. The van der Waals surface area contributed by atoms with E-state index in [0.717, 1.165) is 5.56 Å². The third-order valence-electron chi connectivity index (χ3n) is 1.85. The monoisotopic (exact) mass is 204 g/mol. The highest BCUT2D eigenvalue weighted by atomic mass is 16.6. The van der Waals surface area contributed by atoms with Gasteiger partial charge in [-0.25, -0.2) is 4.79 Å². The number of hydrogen-bond acceptors (Lipinski definition) is 3. The van der Waals surface area contributed by atoms with E-state index < -0.39 is 12.1 Å². The topological polar surface area (TPSA) is 35.5 Å². The molecule has 1 rings (SSSR count). The van der Waals surface area contributed by atoms with E-state index in [0.29, 0.717) is 0 Å². The molecule has 15 heavy (non-hydrogen) atoms. The molecule has 0 heterocycles. The molecule has 3 nitrogen and oxygen atoms in total. The molecule has 0 aliphatic carbocycles. The van der Waals surface area contributed by atoms with Crippen LogP contribution in [0.15, 0.2) is 30.3 Å². The van der Waals surface area contributed by atoms with E-state index in [4.69, 9.17) is 11.2 Å². The highest BCUT2D eigenvalue weighted by Gasteiger charge is 2.21. The van der Waals surface area contributed by atoms with Gasteiger partial charge in [0.15, 0.2) is 6.10 Å². The first kappa shape index (κ1) is 11.3. The van der Waals surface area contributed by atoms with Gasteiger partial charge in [0, 0.05) is 0 Å². The molecule has 0 aliphatic rings. The maximum atomic E-state index is 11.4. The third-order valence-corrected chi connectivity index (χ3v) is 1.85. The Morgan fingerprint density at radius 3 is 2.67 bits per heavy atom. The lowest BCUT2D eigenvalue weighted by molar-refractivity contribution is -0.153. The van der Waals surface area contributed by atoms with Crippen LogP contribution in [0, 0.1) is 12.3 Å². The van der Waals surface area contributed by atoms with Gasteiger partial charge in [0.05, 0.1) is 7.11 Å². The van der Waals surface area contributed by atoms with Gasteiger partial charge in [-0.2, -0.15) is 0 Å². The van der Waals surface area contributed by atoms with Crippen LogP contribution in [-0.4, -0.2) is 19.7 Å². The van der Waals surface area contributed by atoms with Crippen LogP contribution in [0.25, 0.3) is 0 Å². The molecule has 1 aromatic rings. The molecule has 0 amide bonds. The summed E-state index contributed by atoms with van der Waals surface area (Å²) in [5.41, 5.74) is 0.736. The molecule has 0 spiro atoms. The fourth-order valence-corrected chi connectivity index (χ4v) is 1.17. The fourth-order valence-electron chi connectivity index (χ4n) is 1.17. The van der Waals surface area contributed by atoms with Crippen LogP contribution in [0.2, 0.25) is 0 Å². The summed E-state index contributed by atoms with van der Waals surface area (Å²) in [6.07, 6.45) is 4.33. The van der Waals surface area contributed by atoms with Crippen molar-refractivity contribution in [1.29, 1.82) is 0 Å². The molecule has 0 radical (unpaired) electrons. The van der Waals surface area contributed by atoms with E-state index in [2.05, 4.69) is 10.7 Å². The normalized spacial score (nSPS) is 11.5. The summed E-state index contributed by atoms with van der Waals surface area (Å²) in [6, 6.07) is 9.09. The van der Waals surface area contributed by atoms with E-state index in [1.54, 1.807) is 12.1 Å². The number of benzene rings is 1. The highest BCUT2D eigenvalue weighted by molar-refractivity contribution is 5.76. The molecule has 0 unspecified atom stereocenters. The van der Waals surface area contributed by atoms with Crippen LogP contribution in [0.4, 0.5) is 0 Å². The average molecular weight is 204 g/mol. The number of terminal acetylenes is 1. The fraction of sp³-hybridized carbons (Fsp3) is 0.250. The molecule has 0 fully saturated rings. The summed E-state index contributed by atoms with van der Waals surface area (Å²) >= 11 is 0. The van der Waals surface area contributed by atoms with Gasteiger partial charge in [-0.1, -0.05) is 36.3 Å². The van der Waals surface area contributed by atoms with Gasteiger partial charge in [0.2, 0.25) is 0 Å². The van der Waals surface area contributed by atoms with Crippen LogP contribution in [0.1, 0.15) is 11.7 Å². The molecule has 0 aromatic heterocycles. The van der Waals surface area contributed by atoms with Gasteiger partial charge in [-0.15, -0.1) is 6.42 Å². The molecule has 3 heteroatoms. The summed E-state index contributed by atoms with van der Waals surface area (Å²) in [6.45, 7) is 0.0780. The van der Waals surface area contributed by atoms with Crippen molar-refractivity contribution < 1.29 is 14.3 Å². The van der Waals surface area contributed by atoms with Crippen LogP contribution in [0.3, 0.4) is 0 Å². The lowest BCUT2D eigenvalue weighted by Gasteiger charge is -2.14. The Labute approximate surface area is 89.0 Å². The Hall–Kier alpha value is -1.79. The van der Waals surface area contributed by atoms with Crippen molar-refractivity contribution in [3.8, 4) is 12.3 Å². The minimum atomic E-state index is -0.743. The average Bonchev–Trinajstić information content (AvgIpc) is 2.30. The number of ether oxygens (including phenoxy) is 2. The lowest BCUT2D eigenvalue weighted by atomic mass is 10.1. The van der Waals surface area contributed by atoms with Crippen molar-refractivity contribution in [3.63, 3.8) is 0 Å². The van der Waals surface area contributed by atoms with Gasteiger partial charge in [0.1, 0.15) is 6.61 Å². The lowest BCUT2D eigenvalue weighted by Crippen LogP contribution is -2.17. The second-order valence-corrected chi connectivity index (χ2v) is 2.83. The van der Waals surface area contributed by atoms with Crippen LogP contribution < -0.4 is 0 Å². The zero-order valence-corrected chi connectivity index (χ0v) is 8.47. The second-order valence-electron chi connectivity index (χ2n) is 2.83. The van der Waals surface area contributed by atoms with Gasteiger partial charge in [-0.3, -0.25) is 0 Å². The zero-order chi connectivity index (χ0) is 11.1. The van der Waals surface area contributed by atoms with Crippen molar-refractivity contribution in [3.05, 3.63) is 35.9 Å². The Morgan fingerprint density at radius 1 is 1.47 bits per heavy atom. The number of methoxy groups -OCH3 is 1. The quantitative estimate of drug-likeness (QED) is 0.551. The molecule has 0 aliphatic heterocycles. The Balaban J connectivity index is 2.82. The van der Waals surface area contributed by atoms with Crippen LogP contribution >= 0.6 is 0 Å². The number of esters is 1. The number of carbonyl (C=O) groups excluding carboxylic acids is 1. The van der Waals surface area contributed by atoms with Crippen molar-refractivity contribution in [1.82, 2.24) is 0 Å². The predicted molar refractivity (Wildman–Crippen MR) is 56.0 cm³/mol. The molecular weight excluding hydrogens is 192 g/mol. The van der Waals surface area contributed by atoms with E-state index >= 15 is 0 Å². The molecule has 78 valence electrons. The highest BCUT2D eigenvalue weighted by Crippen LogP contribution is 2.18. The van der Waals surface area contributed by atoms with Gasteiger partial charge in [0.25, 0.3) is 0 Å². The standard InChI is InChI=1S/C12H12O3/c1-3-9-15-11(12(13)14-2)10-7-5-4-6-8-10/h1,4-8,11H,9H2,2H3/t11-/m1/s1. The van der Waals surface area contributed by atoms with E-state index in [1.165, 1.54) is 7.11 Å². The molecule has 0 saturated heterocycles. The maximum Gasteiger partial charge on any atom is 0.339 e. The van der Waals surface area contributed by atoms with Gasteiger partial charge >= 0.3 is 5.97 Å². The minimum absolute atomic E-state index is 0.0780. The first-order chi connectivity index (χ1) is 7.29. The van der Waals surface area contributed by atoms with Crippen molar-refractivity contribution in [2.45, 2.75) is 6.10 Å². The maximum absolute atomic E-state index is 11.4. The van der Waals surface area contributed by atoms with Gasteiger partial charge < -0.3 is 9.47 Å². The summed E-state index contributed by atoms with van der Waals surface area (Å²) in [5.74, 6) is 1.87. The molecular formula is C12H12O3. The van der Waals surface area contributed by atoms with Crippen LogP contribution in [-0.2, 0) is 14.3 Å². The van der Waals surface area contributed by atoms with E-state index in [9.17, 15) is 4.79 Å². The summed E-state index contributed by atoms with van der Waals surface area (Å²) in [4.78, 5) is 11.4. The molecule has 0 saturated carbocycles. The Bertz CT molecular complexity index is 351. The molecule has 1 aromatic carbocycles. The predicted octanol–water partition coefficient (Wildman–Crippen LogP) is 1.55. The Kier molecular flexibility index (Phi) is 4.39. The molecule has 0 bridgehead atoms. The van der Waals surface area contributed by atoms with Crippen LogP contribution in [0.5, 0.6) is 0 Å². The number of carbonyl (C=O) groups is 1. The number of hydrogen-bond donors (Lipinski definition) is 0. The van der Waals surface area contributed by atoms with E-state index in [1.807, 2.05) is 18.2 Å². The van der Waals surface area contributed by atoms with Crippen molar-refractivity contribution >= 4 is 5.97 Å². The SMILES string of the molecule is C#CCO[C@@H](C(=O)OC)c1ccccc1. The van der Waals surface area contributed by atoms with Crippen molar-refractivity contribution in [2.75, 3.05) is 13.7 Å². The summed E-state index contributed by atoms with van der Waals surface area (Å²) in [5, 5.41) is 0. The first-order valence-corrected chi connectivity index (χ1v) is 4.47. The van der Waals surface area contributed by atoms with E-state index in [-0.39, 0.29) is 6.61 Å². The number of rotatable bonds is 4. The second kappa shape index (κ2) is 5.84. The summed E-state index contributed by atoms with van der Waals surface area (Å²) < 4.78 is 9.85. The van der Waals surface area contributed by atoms with Crippen molar-refractivity contribution in [2.24, 2.45) is 0 Å². The Morgan fingerprint density at radius 2 is 2.13 bits per heavy atom.